The topological polar surface area (TPSA) is 105 Å². The van der Waals surface area contributed by atoms with Crippen molar-refractivity contribution >= 4 is 34.0 Å². The number of aromatic nitrogens is 4. The number of thiazole rings is 1. The molecule has 0 bridgehead atoms. The molecule has 9 nitrogen and oxygen atoms in total. The lowest BCUT2D eigenvalue weighted by molar-refractivity contribution is 0.252. The largest absolute Gasteiger partial charge is 0.497 e. The van der Waals surface area contributed by atoms with Gasteiger partial charge in [0.1, 0.15) is 17.3 Å². The summed E-state index contributed by atoms with van der Waals surface area (Å²) in [5.74, 6) is 0.769. The number of fused-ring (bicyclic) bond motifs is 1. The van der Waals surface area contributed by atoms with Crippen molar-refractivity contribution in [2.24, 2.45) is 0 Å². The predicted octanol–water partition coefficient (Wildman–Crippen LogP) is 4.90. The fourth-order valence-electron chi connectivity index (χ4n) is 3.64. The summed E-state index contributed by atoms with van der Waals surface area (Å²) < 4.78 is 20.6. The van der Waals surface area contributed by atoms with E-state index >= 15 is 0 Å². The maximum absolute atomic E-state index is 13.5. The Bertz CT molecular complexity index is 1500. The quantitative estimate of drug-likeness (QED) is 0.260. The molecule has 2 amide bonds. The average Bonchev–Trinajstić information content (AvgIpc) is 3.49. The number of nitrogens with zero attached hydrogens (tertiary/aromatic N) is 4. The van der Waals surface area contributed by atoms with Crippen LogP contribution in [0.2, 0.25) is 0 Å². The van der Waals surface area contributed by atoms with Crippen LogP contribution in [0.15, 0.2) is 72.4 Å². The Balaban J connectivity index is 1.26. The monoisotopic (exact) mass is 503 g/mol. The molecule has 3 aromatic heterocycles. The van der Waals surface area contributed by atoms with Gasteiger partial charge in [-0.15, -0.1) is 11.3 Å². The van der Waals surface area contributed by atoms with E-state index in [1.807, 2.05) is 16.0 Å². The lowest BCUT2D eigenvalue weighted by Gasteiger charge is -2.10. The van der Waals surface area contributed by atoms with Crippen molar-refractivity contribution in [1.29, 1.82) is 0 Å². The smallest absolute Gasteiger partial charge is 0.319 e. The maximum atomic E-state index is 13.5. The second kappa shape index (κ2) is 10.4. The van der Waals surface area contributed by atoms with E-state index in [1.54, 1.807) is 55.8 Å². The van der Waals surface area contributed by atoms with Crippen LogP contribution in [0.1, 0.15) is 0 Å². The first-order chi connectivity index (χ1) is 17.6. The Morgan fingerprint density at radius 1 is 1.11 bits per heavy atom. The number of nitrogens with one attached hydrogen (secondary N) is 3. The van der Waals surface area contributed by atoms with E-state index in [0.29, 0.717) is 41.9 Å². The van der Waals surface area contributed by atoms with E-state index in [9.17, 15) is 9.18 Å². The molecule has 0 unspecified atom stereocenters. The molecule has 5 rings (SSSR count). The standard InChI is InChI=1S/C25H22FN7O2S/c1-35-19-4-2-3-18(15-19)30-24(34)29-12-11-28-23-27-10-9-20(31-23)22-21(16-5-7-17(26)8-6-16)32-25-33(22)13-14-36-25/h2-10,13-15H,11-12H2,1H3,(H,27,28,31)(H2,29,30,34). The van der Waals surface area contributed by atoms with Gasteiger partial charge in [-0.25, -0.2) is 24.1 Å². The summed E-state index contributed by atoms with van der Waals surface area (Å²) in [6.45, 7) is 0.770. The number of hydrogen-bond acceptors (Lipinski definition) is 7. The second-order valence-electron chi connectivity index (χ2n) is 7.68. The summed E-state index contributed by atoms with van der Waals surface area (Å²) in [6.07, 6.45) is 3.59. The van der Waals surface area contributed by atoms with Gasteiger partial charge in [0, 0.05) is 48.2 Å². The molecule has 0 fully saturated rings. The van der Waals surface area contributed by atoms with E-state index in [0.717, 1.165) is 16.2 Å². The fourth-order valence-corrected chi connectivity index (χ4v) is 4.36. The van der Waals surface area contributed by atoms with E-state index in [2.05, 4.69) is 25.9 Å². The second-order valence-corrected chi connectivity index (χ2v) is 8.55. The number of carbonyl (C=O) groups excluding carboxylic acids is 1. The minimum atomic E-state index is -0.331. The van der Waals surface area contributed by atoms with Crippen molar-refractivity contribution in [3.8, 4) is 28.4 Å². The van der Waals surface area contributed by atoms with Crippen LogP contribution in [-0.4, -0.2) is 45.6 Å². The van der Waals surface area contributed by atoms with Crippen LogP contribution in [0.5, 0.6) is 5.75 Å². The van der Waals surface area contributed by atoms with Gasteiger partial charge < -0.3 is 20.7 Å². The summed E-state index contributed by atoms with van der Waals surface area (Å²) >= 11 is 1.51. The summed E-state index contributed by atoms with van der Waals surface area (Å²) in [5.41, 5.74) is 3.60. The fraction of sp³-hybridized carbons (Fsp3) is 0.120. The van der Waals surface area contributed by atoms with Gasteiger partial charge in [-0.05, 0) is 42.5 Å². The highest BCUT2D eigenvalue weighted by molar-refractivity contribution is 7.15. The van der Waals surface area contributed by atoms with Gasteiger partial charge in [-0.3, -0.25) is 4.40 Å². The molecule has 182 valence electrons. The number of hydrogen-bond donors (Lipinski definition) is 3. The van der Waals surface area contributed by atoms with Crippen LogP contribution in [-0.2, 0) is 0 Å². The van der Waals surface area contributed by atoms with E-state index in [4.69, 9.17) is 9.72 Å². The van der Waals surface area contributed by atoms with E-state index < -0.39 is 0 Å². The zero-order valence-electron chi connectivity index (χ0n) is 19.2. The first-order valence-electron chi connectivity index (χ1n) is 11.1. The Morgan fingerprint density at radius 3 is 2.81 bits per heavy atom. The third kappa shape index (κ3) is 5.10. The van der Waals surface area contributed by atoms with Gasteiger partial charge in [0.15, 0.2) is 4.96 Å². The molecular formula is C25H22FN7O2S. The van der Waals surface area contributed by atoms with Crippen LogP contribution < -0.4 is 20.7 Å². The highest BCUT2D eigenvalue weighted by Gasteiger charge is 2.18. The zero-order chi connectivity index (χ0) is 24.9. The summed E-state index contributed by atoms with van der Waals surface area (Å²) in [6, 6.07) is 14.8. The number of benzene rings is 2. The number of methoxy groups -OCH3 is 1. The molecule has 0 radical (unpaired) electrons. The van der Waals surface area contributed by atoms with Crippen molar-refractivity contribution in [2.75, 3.05) is 30.8 Å². The lowest BCUT2D eigenvalue weighted by atomic mass is 10.1. The van der Waals surface area contributed by atoms with Crippen molar-refractivity contribution in [2.45, 2.75) is 0 Å². The Hall–Kier alpha value is -4.51. The SMILES string of the molecule is COc1cccc(NC(=O)NCCNc2nccc(-c3c(-c4ccc(F)cc4)nc4sccn34)n2)c1. The van der Waals surface area contributed by atoms with Crippen molar-refractivity contribution < 1.29 is 13.9 Å². The number of halogens is 1. The number of ether oxygens (including phenoxy) is 1. The maximum Gasteiger partial charge on any atom is 0.319 e. The molecule has 2 aromatic carbocycles. The first-order valence-corrected chi connectivity index (χ1v) is 12.0. The van der Waals surface area contributed by atoms with Gasteiger partial charge in [0.25, 0.3) is 0 Å². The molecular weight excluding hydrogens is 481 g/mol. The van der Waals surface area contributed by atoms with Crippen LogP contribution >= 0.6 is 11.3 Å². The summed E-state index contributed by atoms with van der Waals surface area (Å²) in [7, 11) is 1.57. The molecule has 0 aliphatic carbocycles. The third-order valence-electron chi connectivity index (χ3n) is 5.30. The number of amides is 2. The molecule has 3 N–H and O–H groups in total. The number of imidazole rings is 1. The lowest BCUT2D eigenvalue weighted by Crippen LogP contribution is -2.32. The molecule has 5 aromatic rings. The third-order valence-corrected chi connectivity index (χ3v) is 6.06. The molecule has 0 atom stereocenters. The van der Waals surface area contributed by atoms with Crippen molar-refractivity contribution in [3.63, 3.8) is 0 Å². The van der Waals surface area contributed by atoms with Gasteiger partial charge in [0.2, 0.25) is 5.95 Å². The minimum absolute atomic E-state index is 0.305. The van der Waals surface area contributed by atoms with Crippen LogP contribution in [0.4, 0.5) is 20.8 Å². The molecule has 36 heavy (non-hydrogen) atoms. The van der Waals surface area contributed by atoms with Crippen LogP contribution in [0.3, 0.4) is 0 Å². The number of urea groups is 1. The molecule has 0 spiro atoms. The Kier molecular flexibility index (Phi) is 6.72. The highest BCUT2D eigenvalue weighted by atomic mass is 32.1. The minimum Gasteiger partial charge on any atom is -0.497 e. The van der Waals surface area contributed by atoms with Gasteiger partial charge in [-0.2, -0.15) is 0 Å². The first kappa shape index (κ1) is 23.2. The zero-order valence-corrected chi connectivity index (χ0v) is 20.1. The van der Waals surface area contributed by atoms with Crippen LogP contribution in [0.25, 0.3) is 27.6 Å². The van der Waals surface area contributed by atoms with E-state index in [-0.39, 0.29) is 11.8 Å². The molecule has 0 saturated carbocycles. The van der Waals surface area contributed by atoms with Gasteiger partial charge >= 0.3 is 6.03 Å². The average molecular weight is 504 g/mol. The summed E-state index contributed by atoms with van der Waals surface area (Å²) in [4.78, 5) is 26.7. The van der Waals surface area contributed by atoms with Gasteiger partial charge in [0.05, 0.1) is 18.5 Å². The number of anilines is 2. The van der Waals surface area contributed by atoms with Crippen molar-refractivity contribution in [1.82, 2.24) is 24.7 Å². The molecule has 0 aliphatic rings. The molecule has 3 heterocycles. The predicted molar refractivity (Wildman–Crippen MR) is 138 cm³/mol. The van der Waals surface area contributed by atoms with Crippen molar-refractivity contribution in [3.05, 3.63) is 78.2 Å². The van der Waals surface area contributed by atoms with Crippen LogP contribution in [0, 0.1) is 5.82 Å². The normalized spacial score (nSPS) is 10.8. The van der Waals surface area contributed by atoms with Gasteiger partial charge in [-0.1, -0.05) is 6.07 Å². The number of rotatable bonds is 8. The molecule has 11 heteroatoms. The summed E-state index contributed by atoms with van der Waals surface area (Å²) in [5, 5.41) is 10.6. The highest BCUT2D eigenvalue weighted by Crippen LogP contribution is 2.33. The number of carbonyl (C=O) groups is 1. The van der Waals surface area contributed by atoms with E-state index in [1.165, 1.54) is 23.5 Å². The molecule has 0 saturated heterocycles. The Morgan fingerprint density at radius 2 is 1.97 bits per heavy atom. The molecule has 0 aliphatic heterocycles. The Labute approximate surface area is 210 Å².